The zero-order valence-electron chi connectivity index (χ0n) is 19.4. The summed E-state index contributed by atoms with van der Waals surface area (Å²) >= 11 is 0. The molecule has 0 radical (unpaired) electrons. The maximum atomic E-state index is 12.8. The van der Waals surface area contributed by atoms with Crippen molar-refractivity contribution < 1.29 is 19.2 Å². The lowest BCUT2D eigenvalue weighted by molar-refractivity contribution is -0.133. The Kier molecular flexibility index (Phi) is 13.9. The molecule has 0 aromatic rings. The summed E-state index contributed by atoms with van der Waals surface area (Å²) in [6.45, 7) is 9.89. The molecule has 0 bridgehead atoms. The van der Waals surface area contributed by atoms with Crippen molar-refractivity contribution in [3.63, 3.8) is 0 Å². The van der Waals surface area contributed by atoms with E-state index in [1.54, 1.807) is 6.92 Å². The minimum Gasteiger partial charge on any atom is -0.370 e. The summed E-state index contributed by atoms with van der Waals surface area (Å²) in [6.07, 6.45) is 2.67. The summed E-state index contributed by atoms with van der Waals surface area (Å²) in [5, 5.41) is 17.9. The Morgan fingerprint density at radius 2 is 1.45 bits per heavy atom. The average molecular weight is 441 g/mol. The van der Waals surface area contributed by atoms with Gasteiger partial charge in [0, 0.05) is 13.0 Å². The molecule has 0 aromatic heterocycles. The minimum atomic E-state index is -0.821. The van der Waals surface area contributed by atoms with Gasteiger partial charge < -0.3 is 31.8 Å². The van der Waals surface area contributed by atoms with Gasteiger partial charge in [0.15, 0.2) is 5.96 Å². The van der Waals surface area contributed by atoms with E-state index in [9.17, 15) is 19.2 Å². The highest BCUT2D eigenvalue weighted by Crippen LogP contribution is 2.09. The number of amides is 3. The van der Waals surface area contributed by atoms with E-state index in [2.05, 4.69) is 21.3 Å². The fourth-order valence-corrected chi connectivity index (χ4v) is 2.98. The van der Waals surface area contributed by atoms with Crippen molar-refractivity contribution in [2.75, 3.05) is 6.54 Å². The lowest BCUT2D eigenvalue weighted by Gasteiger charge is -2.26. The molecule has 3 atom stereocenters. The second kappa shape index (κ2) is 15.2. The van der Waals surface area contributed by atoms with Crippen LogP contribution in [0.4, 0.5) is 0 Å². The third kappa shape index (κ3) is 13.3. The van der Waals surface area contributed by atoms with E-state index < -0.39 is 29.9 Å². The van der Waals surface area contributed by atoms with Crippen molar-refractivity contribution in [1.29, 1.82) is 5.41 Å². The van der Waals surface area contributed by atoms with E-state index in [0.717, 1.165) is 0 Å². The summed E-state index contributed by atoms with van der Waals surface area (Å²) in [5.74, 6) is -0.940. The van der Waals surface area contributed by atoms with Crippen molar-refractivity contribution in [1.82, 2.24) is 21.3 Å². The highest BCUT2D eigenvalue weighted by atomic mass is 16.2. The highest BCUT2D eigenvalue weighted by molar-refractivity contribution is 5.92. The second-order valence-electron chi connectivity index (χ2n) is 8.53. The number of carbonyl (C=O) groups excluding carboxylic acids is 4. The SMILES string of the molecule is CCC(=O)N[C@@H](CC(C)C)C(=O)N[C@@H](CC(C)C)C(=O)N[C@H](C=O)CCCNC(=N)N. The first-order valence-corrected chi connectivity index (χ1v) is 10.9. The molecule has 10 nitrogen and oxygen atoms in total. The molecular formula is C21H40N6O4. The van der Waals surface area contributed by atoms with Crippen LogP contribution in [0.15, 0.2) is 0 Å². The number of nitrogens with one attached hydrogen (secondary N) is 5. The van der Waals surface area contributed by atoms with Crippen molar-refractivity contribution >= 4 is 30.0 Å². The third-order valence-electron chi connectivity index (χ3n) is 4.52. The minimum absolute atomic E-state index is 0.124. The molecule has 0 heterocycles. The fourth-order valence-electron chi connectivity index (χ4n) is 2.98. The Hall–Kier alpha value is -2.65. The van der Waals surface area contributed by atoms with Crippen LogP contribution < -0.4 is 27.0 Å². The summed E-state index contributed by atoms with van der Waals surface area (Å²) in [5.41, 5.74) is 5.21. The van der Waals surface area contributed by atoms with Crippen LogP contribution in [0.2, 0.25) is 0 Å². The van der Waals surface area contributed by atoms with Gasteiger partial charge >= 0.3 is 0 Å². The topological polar surface area (TPSA) is 166 Å². The molecule has 0 saturated heterocycles. The fraction of sp³-hybridized carbons (Fsp3) is 0.762. The monoisotopic (exact) mass is 440 g/mol. The van der Waals surface area contributed by atoms with E-state index in [1.807, 2.05) is 27.7 Å². The number of nitrogens with two attached hydrogens (primary N) is 1. The van der Waals surface area contributed by atoms with E-state index in [0.29, 0.717) is 38.5 Å². The van der Waals surface area contributed by atoms with Gasteiger partial charge in [0.2, 0.25) is 17.7 Å². The van der Waals surface area contributed by atoms with Crippen molar-refractivity contribution in [2.45, 2.75) is 84.8 Å². The molecule has 0 spiro atoms. The Labute approximate surface area is 185 Å². The predicted molar refractivity (Wildman–Crippen MR) is 120 cm³/mol. The number of hydrogen-bond acceptors (Lipinski definition) is 5. The zero-order valence-corrected chi connectivity index (χ0v) is 19.4. The molecule has 0 aliphatic rings. The maximum Gasteiger partial charge on any atom is 0.243 e. The van der Waals surface area contributed by atoms with E-state index >= 15 is 0 Å². The Morgan fingerprint density at radius 3 is 1.90 bits per heavy atom. The van der Waals surface area contributed by atoms with Gasteiger partial charge in [-0.15, -0.1) is 0 Å². The van der Waals surface area contributed by atoms with Crippen LogP contribution in [-0.2, 0) is 19.2 Å². The van der Waals surface area contributed by atoms with Gasteiger partial charge in [0.1, 0.15) is 18.4 Å². The lowest BCUT2D eigenvalue weighted by Crippen LogP contribution is -2.55. The van der Waals surface area contributed by atoms with E-state index in [4.69, 9.17) is 11.1 Å². The zero-order chi connectivity index (χ0) is 24.0. The highest BCUT2D eigenvalue weighted by Gasteiger charge is 2.28. The van der Waals surface area contributed by atoms with Gasteiger partial charge in [-0.1, -0.05) is 34.6 Å². The Balaban J connectivity index is 5.12. The van der Waals surface area contributed by atoms with Gasteiger partial charge in [-0.3, -0.25) is 19.8 Å². The van der Waals surface area contributed by atoms with Crippen molar-refractivity contribution in [3.05, 3.63) is 0 Å². The average Bonchev–Trinajstić information content (AvgIpc) is 2.67. The molecule has 31 heavy (non-hydrogen) atoms. The van der Waals surface area contributed by atoms with Crippen LogP contribution >= 0.6 is 0 Å². The summed E-state index contributed by atoms with van der Waals surface area (Å²) in [6, 6.07) is -2.26. The quantitative estimate of drug-likeness (QED) is 0.0933. The molecule has 0 unspecified atom stereocenters. The van der Waals surface area contributed by atoms with Crippen LogP contribution in [-0.4, -0.2) is 54.6 Å². The number of carbonyl (C=O) groups is 4. The molecule has 0 saturated carbocycles. The van der Waals surface area contributed by atoms with Gasteiger partial charge in [0.25, 0.3) is 0 Å². The van der Waals surface area contributed by atoms with Crippen LogP contribution in [0.5, 0.6) is 0 Å². The number of guanidine groups is 1. The first-order chi connectivity index (χ1) is 14.5. The smallest absolute Gasteiger partial charge is 0.243 e. The molecule has 7 N–H and O–H groups in total. The molecule has 10 heteroatoms. The molecule has 0 aromatic carbocycles. The normalized spacial score (nSPS) is 13.8. The van der Waals surface area contributed by atoms with Crippen molar-refractivity contribution in [2.24, 2.45) is 17.6 Å². The van der Waals surface area contributed by atoms with E-state index in [-0.39, 0.29) is 30.1 Å². The molecule has 0 aliphatic carbocycles. The predicted octanol–water partition coefficient (Wildman–Crippen LogP) is 0.405. The first-order valence-electron chi connectivity index (χ1n) is 10.9. The molecule has 178 valence electrons. The van der Waals surface area contributed by atoms with Crippen LogP contribution in [0.25, 0.3) is 0 Å². The molecule has 0 aliphatic heterocycles. The first kappa shape index (κ1) is 28.4. The molecule has 0 fully saturated rings. The summed E-state index contributed by atoms with van der Waals surface area (Å²) in [4.78, 5) is 48.9. The van der Waals surface area contributed by atoms with Gasteiger partial charge in [-0.2, -0.15) is 0 Å². The van der Waals surface area contributed by atoms with Crippen molar-refractivity contribution in [3.8, 4) is 0 Å². The molecule has 0 rings (SSSR count). The Morgan fingerprint density at radius 1 is 0.935 bits per heavy atom. The largest absolute Gasteiger partial charge is 0.370 e. The van der Waals surface area contributed by atoms with Crippen LogP contribution in [0, 0.1) is 17.2 Å². The standard InChI is InChI=1S/C21H40N6O4/c1-6-18(29)26-16(10-13(2)3)20(31)27-17(11-14(4)5)19(30)25-15(12-28)8-7-9-24-21(22)23/h12-17H,6-11H2,1-5H3,(H,25,30)(H,26,29)(H,27,31)(H4,22,23,24)/t15-,16-,17-/m0/s1. The number of aldehydes is 1. The van der Waals surface area contributed by atoms with Gasteiger partial charge in [-0.25, -0.2) is 0 Å². The van der Waals surface area contributed by atoms with Crippen LogP contribution in [0.3, 0.4) is 0 Å². The summed E-state index contributed by atoms with van der Waals surface area (Å²) in [7, 11) is 0. The van der Waals surface area contributed by atoms with Gasteiger partial charge in [0.05, 0.1) is 6.04 Å². The van der Waals surface area contributed by atoms with Gasteiger partial charge in [-0.05, 0) is 37.5 Å². The Bertz CT molecular complexity index is 609. The number of hydrogen-bond donors (Lipinski definition) is 6. The molecular weight excluding hydrogens is 400 g/mol. The third-order valence-corrected chi connectivity index (χ3v) is 4.52. The van der Waals surface area contributed by atoms with Crippen LogP contribution in [0.1, 0.15) is 66.7 Å². The lowest BCUT2D eigenvalue weighted by atomic mass is 9.99. The number of rotatable bonds is 15. The van der Waals surface area contributed by atoms with E-state index in [1.165, 1.54) is 0 Å². The molecule has 3 amide bonds. The second-order valence-corrected chi connectivity index (χ2v) is 8.53. The maximum absolute atomic E-state index is 12.8. The summed E-state index contributed by atoms with van der Waals surface area (Å²) < 4.78 is 0.